The summed E-state index contributed by atoms with van der Waals surface area (Å²) in [6.45, 7) is 11.7. The molecule has 31 heavy (non-hydrogen) atoms. The molecule has 0 atom stereocenters. The van der Waals surface area contributed by atoms with Crippen molar-refractivity contribution in [1.82, 2.24) is 4.90 Å². The van der Waals surface area contributed by atoms with E-state index in [-0.39, 0.29) is 0 Å². The first-order valence-electron chi connectivity index (χ1n) is 11.9. The molecule has 1 heterocycles. The Morgan fingerprint density at radius 1 is 1.00 bits per heavy atom. The Hall–Kier alpha value is -1.71. The van der Waals surface area contributed by atoms with Crippen LogP contribution in [-0.4, -0.2) is 42.6 Å². The summed E-state index contributed by atoms with van der Waals surface area (Å²) in [5.41, 5.74) is 8.77. The third-order valence-electron chi connectivity index (χ3n) is 6.96. The van der Waals surface area contributed by atoms with Crippen LogP contribution in [-0.2, 0) is 12.8 Å². The van der Waals surface area contributed by atoms with Gasteiger partial charge in [-0.15, -0.1) is 0 Å². The first-order valence-corrected chi connectivity index (χ1v) is 13.1. The minimum Gasteiger partial charge on any atom is -0.384 e. The molecule has 1 N–H and O–H groups in total. The van der Waals surface area contributed by atoms with Gasteiger partial charge in [0.15, 0.2) is 0 Å². The van der Waals surface area contributed by atoms with Gasteiger partial charge in [-0.25, -0.2) is 0 Å². The van der Waals surface area contributed by atoms with Gasteiger partial charge in [0.1, 0.15) is 0 Å². The molecule has 1 fully saturated rings. The van der Waals surface area contributed by atoms with Crippen molar-refractivity contribution in [3.63, 3.8) is 0 Å². The van der Waals surface area contributed by atoms with E-state index in [1.54, 1.807) is 11.1 Å². The van der Waals surface area contributed by atoms with Gasteiger partial charge in [0.25, 0.3) is 0 Å². The number of thioether (sulfide) groups is 1. The lowest BCUT2D eigenvalue weighted by Gasteiger charge is -2.26. The molecule has 2 aliphatic rings. The Morgan fingerprint density at radius 3 is 2.45 bits per heavy atom. The van der Waals surface area contributed by atoms with Crippen LogP contribution in [0.5, 0.6) is 0 Å². The third-order valence-corrected chi connectivity index (χ3v) is 7.90. The summed E-state index contributed by atoms with van der Waals surface area (Å²) < 4.78 is 0. The molecule has 3 heteroatoms. The van der Waals surface area contributed by atoms with Gasteiger partial charge in [0.05, 0.1) is 0 Å². The number of allylic oxidation sites excluding steroid dienone is 1. The van der Waals surface area contributed by atoms with Gasteiger partial charge < -0.3 is 5.32 Å². The van der Waals surface area contributed by atoms with E-state index in [0.717, 1.165) is 13.1 Å². The molecule has 2 nitrogen and oxygen atoms in total. The van der Waals surface area contributed by atoms with E-state index < -0.39 is 0 Å². The first-order chi connectivity index (χ1) is 15.0. The van der Waals surface area contributed by atoms with E-state index >= 15 is 0 Å². The fraction of sp³-hybridized carbons (Fsp3) is 0.500. The zero-order chi connectivity index (χ0) is 21.7. The molecule has 0 saturated carbocycles. The molecule has 0 unspecified atom stereocenters. The lowest BCUT2D eigenvalue weighted by atomic mass is 9.85. The molecule has 0 spiro atoms. The largest absolute Gasteiger partial charge is 0.384 e. The van der Waals surface area contributed by atoms with Crippen molar-refractivity contribution < 1.29 is 0 Å². The van der Waals surface area contributed by atoms with Crippen LogP contribution in [0.1, 0.15) is 55.9 Å². The van der Waals surface area contributed by atoms with E-state index in [0.29, 0.717) is 5.41 Å². The topological polar surface area (TPSA) is 15.3 Å². The number of rotatable bonds is 6. The second-order valence-electron chi connectivity index (χ2n) is 9.98. The summed E-state index contributed by atoms with van der Waals surface area (Å²) in [7, 11) is 0. The van der Waals surface area contributed by atoms with Crippen molar-refractivity contribution in [3.8, 4) is 0 Å². The molecule has 0 bridgehead atoms. The van der Waals surface area contributed by atoms with E-state index in [9.17, 15) is 0 Å². The van der Waals surface area contributed by atoms with Gasteiger partial charge in [0, 0.05) is 43.4 Å². The number of nitrogens with zero attached hydrogens (tertiary/aromatic N) is 1. The number of hydrogen-bond donors (Lipinski definition) is 1. The maximum Gasteiger partial charge on any atom is 0.0341 e. The summed E-state index contributed by atoms with van der Waals surface area (Å²) in [6, 6.07) is 16.0. The van der Waals surface area contributed by atoms with Gasteiger partial charge in [0.2, 0.25) is 0 Å². The van der Waals surface area contributed by atoms with Crippen molar-refractivity contribution in [2.75, 3.05) is 43.0 Å². The van der Waals surface area contributed by atoms with Crippen molar-refractivity contribution in [3.05, 3.63) is 64.7 Å². The number of anilines is 1. The Bertz CT molecular complexity index is 892. The quantitative estimate of drug-likeness (QED) is 0.407. The Morgan fingerprint density at radius 2 is 1.71 bits per heavy atom. The lowest BCUT2D eigenvalue weighted by Crippen LogP contribution is -2.36. The average molecular weight is 435 g/mol. The smallest absolute Gasteiger partial charge is 0.0341 e. The van der Waals surface area contributed by atoms with Crippen molar-refractivity contribution in [2.24, 2.45) is 5.41 Å². The van der Waals surface area contributed by atoms with Gasteiger partial charge in [-0.3, -0.25) is 4.90 Å². The second-order valence-corrected chi connectivity index (χ2v) is 11.2. The minimum atomic E-state index is 0.465. The SMILES string of the molecule is CC(=Cc1ccc(NCCN2CCSCC2)cc1)c1ccc2c(c1)CCC(C)(C)CC2. The molecule has 1 aliphatic heterocycles. The fourth-order valence-electron chi connectivity index (χ4n) is 4.63. The van der Waals surface area contributed by atoms with E-state index in [2.05, 4.69) is 91.3 Å². The normalized spacial score (nSPS) is 19.5. The predicted molar refractivity (Wildman–Crippen MR) is 139 cm³/mol. The van der Waals surface area contributed by atoms with Gasteiger partial charge in [-0.1, -0.05) is 50.3 Å². The van der Waals surface area contributed by atoms with Crippen molar-refractivity contribution >= 4 is 29.1 Å². The minimum absolute atomic E-state index is 0.465. The molecule has 2 aromatic rings. The second kappa shape index (κ2) is 10.3. The van der Waals surface area contributed by atoms with Gasteiger partial charge >= 0.3 is 0 Å². The molecule has 2 aromatic carbocycles. The summed E-state index contributed by atoms with van der Waals surface area (Å²) in [5, 5.41) is 3.58. The third kappa shape index (κ3) is 6.40. The number of aryl methyl sites for hydroxylation is 2. The number of nitrogens with one attached hydrogen (secondary N) is 1. The number of fused-ring (bicyclic) bond motifs is 1. The monoisotopic (exact) mass is 434 g/mol. The molecule has 0 radical (unpaired) electrons. The summed E-state index contributed by atoms with van der Waals surface area (Å²) >= 11 is 2.07. The maximum absolute atomic E-state index is 3.58. The van der Waals surface area contributed by atoms with Crippen LogP contribution >= 0.6 is 11.8 Å². The van der Waals surface area contributed by atoms with E-state index in [1.165, 1.54) is 72.7 Å². The van der Waals surface area contributed by atoms with Crippen molar-refractivity contribution in [1.29, 1.82) is 0 Å². The highest BCUT2D eigenvalue weighted by Gasteiger charge is 2.22. The summed E-state index contributed by atoms with van der Waals surface area (Å²) in [5.74, 6) is 2.56. The highest BCUT2D eigenvalue weighted by molar-refractivity contribution is 7.99. The predicted octanol–water partition coefficient (Wildman–Crippen LogP) is 6.61. The fourth-order valence-corrected chi connectivity index (χ4v) is 5.61. The molecule has 166 valence electrons. The molecule has 1 aliphatic carbocycles. The van der Waals surface area contributed by atoms with Crippen LogP contribution in [0.3, 0.4) is 0 Å². The maximum atomic E-state index is 3.58. The summed E-state index contributed by atoms with van der Waals surface area (Å²) in [6.07, 6.45) is 7.33. The Balaban J connectivity index is 1.35. The Kier molecular flexibility index (Phi) is 7.45. The van der Waals surface area contributed by atoms with Gasteiger partial charge in [-0.2, -0.15) is 11.8 Å². The highest BCUT2D eigenvalue weighted by atomic mass is 32.2. The van der Waals surface area contributed by atoms with Crippen LogP contribution in [0.15, 0.2) is 42.5 Å². The van der Waals surface area contributed by atoms with Crippen molar-refractivity contribution in [2.45, 2.75) is 46.5 Å². The molecule has 0 aromatic heterocycles. The van der Waals surface area contributed by atoms with E-state index in [4.69, 9.17) is 0 Å². The van der Waals surface area contributed by atoms with Crippen LogP contribution < -0.4 is 5.32 Å². The molecular formula is C28H38N2S. The Labute approximate surface area is 193 Å². The van der Waals surface area contributed by atoms with Crippen LogP contribution in [0.4, 0.5) is 5.69 Å². The molecule has 0 amide bonds. The molecular weight excluding hydrogens is 396 g/mol. The zero-order valence-corrected chi connectivity index (χ0v) is 20.4. The standard InChI is InChI=1S/C28H38N2S/c1-22(25-7-6-24-10-12-28(2,3)13-11-26(24)21-25)20-23-4-8-27(9-5-23)29-14-15-30-16-18-31-19-17-30/h4-9,20-21,29H,10-19H2,1-3H3. The lowest BCUT2D eigenvalue weighted by molar-refractivity contribution is 0.314. The molecule has 4 rings (SSSR count). The van der Waals surface area contributed by atoms with Gasteiger partial charge in [-0.05, 0) is 78.0 Å². The first kappa shape index (κ1) is 22.5. The molecule has 1 saturated heterocycles. The number of hydrogen-bond acceptors (Lipinski definition) is 3. The van der Waals surface area contributed by atoms with E-state index in [1.807, 2.05) is 0 Å². The average Bonchev–Trinajstić information content (AvgIpc) is 2.93. The van der Waals surface area contributed by atoms with Crippen LogP contribution in [0, 0.1) is 5.41 Å². The summed E-state index contributed by atoms with van der Waals surface area (Å²) in [4.78, 5) is 2.56. The number of benzene rings is 2. The van der Waals surface area contributed by atoms with Crippen LogP contribution in [0.2, 0.25) is 0 Å². The zero-order valence-electron chi connectivity index (χ0n) is 19.5. The van der Waals surface area contributed by atoms with Crippen LogP contribution in [0.25, 0.3) is 11.6 Å². The highest BCUT2D eigenvalue weighted by Crippen LogP contribution is 2.34.